The summed E-state index contributed by atoms with van der Waals surface area (Å²) in [4.78, 5) is 25.7. The van der Waals surface area contributed by atoms with Gasteiger partial charge in [-0.25, -0.2) is 4.98 Å². The summed E-state index contributed by atoms with van der Waals surface area (Å²) in [5.41, 5.74) is 3.98. The molecule has 9 heteroatoms. The van der Waals surface area contributed by atoms with Gasteiger partial charge in [0.05, 0.1) is 24.4 Å². The molecule has 1 atom stereocenters. The minimum atomic E-state index is -0.542. The molecule has 0 radical (unpaired) electrons. The van der Waals surface area contributed by atoms with Crippen LogP contribution in [-0.2, 0) is 16.6 Å². The van der Waals surface area contributed by atoms with Crippen molar-refractivity contribution < 1.29 is 9.53 Å². The number of hydrogen-bond donors (Lipinski definition) is 2. The zero-order valence-corrected chi connectivity index (χ0v) is 17.8. The molecular formula is C23H22N7O2+. The van der Waals surface area contributed by atoms with Gasteiger partial charge in [0.2, 0.25) is 11.8 Å². The number of fused-ring (bicyclic) bond motifs is 3. The monoisotopic (exact) mass is 428 g/mol. The Morgan fingerprint density at radius 1 is 1.25 bits per heavy atom. The summed E-state index contributed by atoms with van der Waals surface area (Å²) in [5, 5.41) is 11.1. The number of amides is 1. The molecule has 6 rings (SSSR count). The maximum absolute atomic E-state index is 12.3. The lowest BCUT2D eigenvalue weighted by Gasteiger charge is -2.25. The number of quaternary nitrogens is 1. The highest BCUT2D eigenvalue weighted by atomic mass is 16.5. The fourth-order valence-corrected chi connectivity index (χ4v) is 4.42. The highest BCUT2D eigenvalue weighted by Crippen LogP contribution is 2.39. The molecule has 0 aliphatic carbocycles. The van der Waals surface area contributed by atoms with Crippen LogP contribution in [0.3, 0.4) is 0 Å². The van der Waals surface area contributed by atoms with Crippen LogP contribution >= 0.6 is 0 Å². The number of pyridine rings is 1. The summed E-state index contributed by atoms with van der Waals surface area (Å²) in [6.07, 6.45) is 8.98. The number of anilines is 2. The fourth-order valence-electron chi connectivity index (χ4n) is 4.42. The SMILES string of the molecule is CC1(C)C(=O)Nc2cc(NC3=N[N+]4(c5cnc6c(c5)CCCO6)C=CN=CC4=N3)ccc21. The van der Waals surface area contributed by atoms with Crippen LogP contribution in [0.5, 0.6) is 5.88 Å². The number of nitrogens with one attached hydrogen (secondary N) is 2. The third kappa shape index (κ3) is 2.71. The molecule has 2 aromatic rings. The maximum Gasteiger partial charge on any atom is 0.287 e. The number of aliphatic imine (C=N–C) groups is 2. The van der Waals surface area contributed by atoms with Gasteiger partial charge in [0.1, 0.15) is 6.21 Å². The fraction of sp³-hybridized carbons (Fsp3) is 0.261. The summed E-state index contributed by atoms with van der Waals surface area (Å²) in [6, 6.07) is 7.89. The highest BCUT2D eigenvalue weighted by Gasteiger charge is 2.44. The van der Waals surface area contributed by atoms with Gasteiger partial charge in [0, 0.05) is 23.0 Å². The summed E-state index contributed by atoms with van der Waals surface area (Å²) >= 11 is 0. The van der Waals surface area contributed by atoms with E-state index < -0.39 is 5.41 Å². The molecule has 1 unspecified atom stereocenters. The number of guanidine groups is 1. The molecule has 0 saturated heterocycles. The second-order valence-electron chi connectivity index (χ2n) is 8.73. The third-order valence-electron chi connectivity index (χ3n) is 6.28. The van der Waals surface area contributed by atoms with Crippen LogP contribution in [0.2, 0.25) is 0 Å². The molecule has 0 spiro atoms. The molecule has 4 aliphatic heterocycles. The van der Waals surface area contributed by atoms with E-state index in [1.54, 1.807) is 18.6 Å². The van der Waals surface area contributed by atoms with Crippen molar-refractivity contribution >= 4 is 41.0 Å². The predicted octanol–water partition coefficient (Wildman–Crippen LogP) is 3.29. The second-order valence-corrected chi connectivity index (χ2v) is 8.73. The molecule has 32 heavy (non-hydrogen) atoms. The zero-order valence-electron chi connectivity index (χ0n) is 17.8. The Kier molecular flexibility index (Phi) is 3.88. The Hall–Kier alpha value is -3.85. The summed E-state index contributed by atoms with van der Waals surface area (Å²) in [5.74, 6) is 1.81. The van der Waals surface area contributed by atoms with E-state index in [2.05, 4.69) is 31.7 Å². The Labute approximate surface area is 184 Å². The largest absolute Gasteiger partial charge is 0.477 e. The van der Waals surface area contributed by atoms with Crippen LogP contribution in [0, 0.1) is 0 Å². The number of nitrogens with zero attached hydrogens (tertiary/aromatic N) is 5. The summed E-state index contributed by atoms with van der Waals surface area (Å²) in [7, 11) is 0. The van der Waals surface area contributed by atoms with Gasteiger partial charge < -0.3 is 15.4 Å². The van der Waals surface area contributed by atoms with Crippen molar-refractivity contribution in [3.8, 4) is 5.88 Å². The highest BCUT2D eigenvalue weighted by molar-refractivity contribution is 6.38. The topological polar surface area (TPSA) is 100 Å². The van der Waals surface area contributed by atoms with Gasteiger partial charge in [-0.2, -0.15) is 4.99 Å². The molecule has 9 nitrogen and oxygen atoms in total. The van der Waals surface area contributed by atoms with E-state index in [1.165, 1.54) is 0 Å². The number of rotatable bonds is 2. The van der Waals surface area contributed by atoms with Gasteiger partial charge in [-0.15, -0.1) is 0 Å². The molecule has 0 bridgehead atoms. The molecular weight excluding hydrogens is 406 g/mol. The third-order valence-corrected chi connectivity index (χ3v) is 6.28. The first-order chi connectivity index (χ1) is 15.5. The van der Waals surface area contributed by atoms with Crippen LogP contribution in [0.1, 0.15) is 31.4 Å². The zero-order chi connectivity index (χ0) is 21.9. The normalized spacial score (nSPS) is 24.0. The smallest absolute Gasteiger partial charge is 0.287 e. The van der Waals surface area contributed by atoms with E-state index in [4.69, 9.17) is 9.84 Å². The van der Waals surface area contributed by atoms with E-state index >= 15 is 0 Å². The quantitative estimate of drug-likeness (QED) is 0.717. The van der Waals surface area contributed by atoms with Gasteiger partial charge in [-0.3, -0.25) is 9.79 Å². The molecule has 1 aromatic carbocycles. The van der Waals surface area contributed by atoms with E-state index in [0.29, 0.717) is 24.3 Å². The van der Waals surface area contributed by atoms with Crippen molar-refractivity contribution in [1.29, 1.82) is 0 Å². The first kappa shape index (κ1) is 18.9. The summed E-state index contributed by atoms with van der Waals surface area (Å²) in [6.45, 7) is 4.54. The van der Waals surface area contributed by atoms with Crippen molar-refractivity contribution in [1.82, 2.24) is 9.58 Å². The minimum Gasteiger partial charge on any atom is -0.477 e. The number of aromatic nitrogens is 1. The van der Waals surface area contributed by atoms with Crippen molar-refractivity contribution in [2.24, 2.45) is 15.1 Å². The predicted molar refractivity (Wildman–Crippen MR) is 124 cm³/mol. The van der Waals surface area contributed by atoms with Crippen molar-refractivity contribution in [2.45, 2.75) is 32.1 Å². The lowest BCUT2D eigenvalue weighted by atomic mass is 9.86. The minimum absolute atomic E-state index is 0.00465. The van der Waals surface area contributed by atoms with Gasteiger partial charge in [-0.1, -0.05) is 10.7 Å². The Balaban J connectivity index is 1.35. The molecule has 2 N–H and O–H groups in total. The summed E-state index contributed by atoms with van der Waals surface area (Å²) < 4.78 is 5.72. The van der Waals surface area contributed by atoms with E-state index in [9.17, 15) is 4.79 Å². The molecule has 5 heterocycles. The van der Waals surface area contributed by atoms with E-state index in [-0.39, 0.29) is 10.5 Å². The number of benzene rings is 1. The average molecular weight is 428 g/mol. The van der Waals surface area contributed by atoms with Crippen molar-refractivity contribution in [2.75, 3.05) is 17.2 Å². The van der Waals surface area contributed by atoms with E-state index in [1.807, 2.05) is 38.2 Å². The number of carbonyl (C=O) groups excluding carboxylic acids is 1. The Bertz CT molecular complexity index is 1290. The average Bonchev–Trinajstić information content (AvgIpc) is 3.27. The van der Waals surface area contributed by atoms with Gasteiger partial charge in [-0.05, 0) is 49.5 Å². The van der Waals surface area contributed by atoms with Crippen LogP contribution in [-0.4, -0.2) is 35.5 Å². The molecule has 1 aromatic heterocycles. The molecule has 160 valence electrons. The van der Waals surface area contributed by atoms with Crippen molar-refractivity contribution in [3.63, 3.8) is 0 Å². The lowest BCUT2D eigenvalue weighted by Crippen LogP contribution is -2.44. The van der Waals surface area contributed by atoms with Crippen LogP contribution in [0.15, 0.2) is 57.9 Å². The number of ether oxygens (including phenoxy) is 1. The van der Waals surface area contributed by atoms with Crippen LogP contribution in [0.4, 0.5) is 17.1 Å². The number of carbonyl (C=O) groups is 1. The number of amidine groups is 1. The number of aryl methyl sites for hydroxylation is 1. The first-order valence-corrected chi connectivity index (χ1v) is 10.6. The molecule has 0 fully saturated rings. The lowest BCUT2D eigenvalue weighted by molar-refractivity contribution is -0.119. The molecule has 4 aliphatic rings. The van der Waals surface area contributed by atoms with Gasteiger partial charge in [0.15, 0.2) is 11.9 Å². The Morgan fingerprint density at radius 3 is 3.06 bits per heavy atom. The number of hydrogen-bond acceptors (Lipinski definition) is 7. The molecule has 1 amide bonds. The van der Waals surface area contributed by atoms with Gasteiger partial charge >= 0.3 is 0 Å². The van der Waals surface area contributed by atoms with Crippen LogP contribution < -0.4 is 20.0 Å². The maximum atomic E-state index is 12.3. The van der Waals surface area contributed by atoms with Crippen LogP contribution in [0.25, 0.3) is 0 Å². The first-order valence-electron chi connectivity index (χ1n) is 10.6. The Morgan fingerprint density at radius 2 is 2.16 bits per heavy atom. The van der Waals surface area contributed by atoms with Gasteiger partial charge in [0.25, 0.3) is 11.8 Å². The van der Waals surface area contributed by atoms with Crippen molar-refractivity contribution in [3.05, 3.63) is 54.0 Å². The molecule has 0 saturated carbocycles. The second kappa shape index (κ2) is 6.57. The van der Waals surface area contributed by atoms with E-state index in [0.717, 1.165) is 41.0 Å². The standard InChI is InChI=1S/C23H21N7O2/c1-23(2)17-6-5-15(11-18(17)27-21(23)31)26-22-28-19-13-24-7-8-30(19,29-22)16-10-14-4-3-9-32-20(14)25-12-16/h5-8,10-13H,3-4,9H2,1-2H3,(H-,26,27,29,31)/p+1.